The number of hydrogen-bond donors (Lipinski definition) is 0. The maximum atomic E-state index is 6.32. The summed E-state index contributed by atoms with van der Waals surface area (Å²) >= 11 is 12.6. The van der Waals surface area contributed by atoms with Crippen molar-refractivity contribution < 1.29 is 0 Å². The molecule has 0 spiro atoms. The largest absolute Gasteiger partial charge is 0.298 e. The van der Waals surface area contributed by atoms with Crippen LogP contribution in [0.4, 0.5) is 0 Å². The van der Waals surface area contributed by atoms with Crippen LogP contribution in [-0.4, -0.2) is 30.6 Å². The zero-order chi connectivity index (χ0) is 12.3. The maximum absolute atomic E-state index is 6.32. The Hall–Kier alpha value is 0.757. The van der Waals surface area contributed by atoms with E-state index in [9.17, 15) is 0 Å². The molecule has 0 amide bonds. The number of nitrogens with zero attached hydrogens (tertiary/aromatic N) is 1. The van der Waals surface area contributed by atoms with Gasteiger partial charge in [-0.2, -0.15) is 0 Å². The molecule has 3 unspecified atom stereocenters. The first-order valence-corrected chi connectivity index (χ1v) is 11.4. The Bertz CT molecular complexity index is 237. The summed E-state index contributed by atoms with van der Waals surface area (Å²) in [4.78, 5) is 2.72. The third kappa shape index (κ3) is 3.40. The molecule has 0 aromatic rings. The second-order valence-electron chi connectivity index (χ2n) is 5.68. The molecule has 2 rings (SSSR count). The summed E-state index contributed by atoms with van der Waals surface area (Å²) in [6.07, 6.45) is 10.9. The van der Waals surface area contributed by atoms with Crippen LogP contribution >= 0.6 is 22.2 Å². The van der Waals surface area contributed by atoms with Crippen LogP contribution in [0, 0.1) is 5.92 Å². The predicted octanol–water partition coefficient (Wildman–Crippen LogP) is 4.05. The first-order chi connectivity index (χ1) is 8.24. The average Bonchev–Trinajstić information content (AvgIpc) is 2.35. The molecule has 1 nitrogen and oxygen atoms in total. The van der Waals surface area contributed by atoms with Crippen molar-refractivity contribution in [3.05, 3.63) is 0 Å². The first kappa shape index (κ1) is 14.2. The van der Waals surface area contributed by atoms with E-state index in [4.69, 9.17) is 22.2 Å². The van der Waals surface area contributed by atoms with Gasteiger partial charge in [-0.05, 0) is 44.6 Å². The van der Waals surface area contributed by atoms with E-state index < -0.39 is 7.42 Å². The zero-order valence-corrected chi connectivity index (χ0v) is 13.5. The summed E-state index contributed by atoms with van der Waals surface area (Å²) in [5.41, 5.74) is 0.546. The Morgan fingerprint density at radius 2 is 1.88 bits per heavy atom. The number of unbranched alkanes of at least 4 members (excludes halogenated alkanes) is 1. The van der Waals surface area contributed by atoms with Crippen LogP contribution in [0.25, 0.3) is 0 Å². The lowest BCUT2D eigenvalue weighted by molar-refractivity contribution is 0.0429. The van der Waals surface area contributed by atoms with Gasteiger partial charge in [0.25, 0.3) is 7.42 Å². The van der Waals surface area contributed by atoms with Crippen LogP contribution in [0.3, 0.4) is 0 Å². The van der Waals surface area contributed by atoms with Gasteiger partial charge in [0, 0.05) is 11.7 Å². The van der Waals surface area contributed by atoms with Gasteiger partial charge < -0.3 is 0 Å². The molecule has 1 aliphatic carbocycles. The zero-order valence-electron chi connectivity index (χ0n) is 10.9. The number of rotatable bonds is 4. The first-order valence-electron chi connectivity index (χ1n) is 7.28. The molecule has 0 bridgehead atoms. The highest BCUT2D eigenvalue weighted by Gasteiger charge is 2.40. The molecular weight excluding hydrogens is 269 g/mol. The molecule has 0 aromatic carbocycles. The van der Waals surface area contributed by atoms with Gasteiger partial charge in [0.05, 0.1) is 0 Å². The Morgan fingerprint density at radius 3 is 2.59 bits per heavy atom. The highest BCUT2D eigenvalue weighted by atomic mass is 35.7. The fourth-order valence-corrected chi connectivity index (χ4v) is 6.43. The summed E-state index contributed by atoms with van der Waals surface area (Å²) in [7, 11) is -1.55. The Kier molecular flexibility index (Phi) is 5.66. The van der Waals surface area contributed by atoms with Crippen LogP contribution in [-0.2, 0) is 0 Å². The van der Waals surface area contributed by atoms with E-state index in [0.29, 0.717) is 5.67 Å². The molecule has 0 radical (unpaired) electrons. The Labute approximate surface area is 117 Å². The van der Waals surface area contributed by atoms with Crippen LogP contribution in [0.1, 0.15) is 58.3 Å². The van der Waals surface area contributed by atoms with Crippen molar-refractivity contribution in [2.45, 2.75) is 70.0 Å². The standard InChI is InChI=1S/C13H25Cl2NSi/c1-2-3-10-16-12-7-5-4-6-11(12)8-9-13(16)17(14)15/h11-13,17H,2-10H2,1H3. The van der Waals surface area contributed by atoms with E-state index in [-0.39, 0.29) is 0 Å². The fourth-order valence-electron chi connectivity index (χ4n) is 3.70. The van der Waals surface area contributed by atoms with Gasteiger partial charge in [-0.1, -0.05) is 26.2 Å². The van der Waals surface area contributed by atoms with E-state index in [2.05, 4.69) is 11.8 Å². The van der Waals surface area contributed by atoms with Gasteiger partial charge in [0.15, 0.2) is 0 Å². The van der Waals surface area contributed by atoms with Crippen LogP contribution in [0.15, 0.2) is 0 Å². The topological polar surface area (TPSA) is 3.24 Å². The molecule has 2 fully saturated rings. The average molecular weight is 294 g/mol. The lowest BCUT2D eigenvalue weighted by Crippen LogP contribution is -2.55. The smallest absolute Gasteiger partial charge is 0.253 e. The summed E-state index contributed by atoms with van der Waals surface area (Å²) in [5, 5.41) is 0. The van der Waals surface area contributed by atoms with Crippen molar-refractivity contribution in [2.75, 3.05) is 6.54 Å². The molecule has 4 heteroatoms. The molecule has 1 saturated carbocycles. The number of piperidine rings is 1. The van der Waals surface area contributed by atoms with Crippen LogP contribution in [0.2, 0.25) is 0 Å². The summed E-state index contributed by atoms with van der Waals surface area (Å²) in [6, 6.07) is 0.807. The van der Waals surface area contributed by atoms with Crippen molar-refractivity contribution in [3.8, 4) is 0 Å². The van der Waals surface area contributed by atoms with Crippen molar-refractivity contribution in [3.63, 3.8) is 0 Å². The van der Waals surface area contributed by atoms with E-state index in [1.54, 1.807) is 0 Å². The van der Waals surface area contributed by atoms with Crippen molar-refractivity contribution in [2.24, 2.45) is 5.92 Å². The van der Waals surface area contributed by atoms with Gasteiger partial charge in [-0.15, -0.1) is 22.2 Å². The number of halogens is 2. The minimum Gasteiger partial charge on any atom is -0.298 e. The third-order valence-electron chi connectivity index (χ3n) is 4.61. The minimum absolute atomic E-state index is 0.546. The Balaban J connectivity index is 2.04. The second kappa shape index (κ2) is 6.79. The van der Waals surface area contributed by atoms with E-state index in [1.165, 1.54) is 57.9 Å². The third-order valence-corrected chi connectivity index (χ3v) is 7.66. The van der Waals surface area contributed by atoms with Gasteiger partial charge in [-0.25, -0.2) is 0 Å². The molecule has 1 aliphatic heterocycles. The molecular formula is C13H25Cl2NSi. The number of likely N-dealkylation sites (tertiary alicyclic amines) is 1. The lowest BCUT2D eigenvalue weighted by Gasteiger charge is -2.49. The highest BCUT2D eigenvalue weighted by Crippen LogP contribution is 2.39. The molecule has 1 heterocycles. The monoisotopic (exact) mass is 293 g/mol. The molecule has 2 aliphatic rings. The van der Waals surface area contributed by atoms with E-state index >= 15 is 0 Å². The van der Waals surface area contributed by atoms with Gasteiger partial charge in [0.1, 0.15) is 0 Å². The quantitative estimate of drug-likeness (QED) is 0.558. The minimum atomic E-state index is -1.55. The molecule has 0 aromatic heterocycles. The lowest BCUT2D eigenvalue weighted by atomic mass is 9.78. The molecule has 0 N–H and O–H groups in total. The molecule has 1 saturated heterocycles. The van der Waals surface area contributed by atoms with Crippen LogP contribution in [0.5, 0.6) is 0 Å². The normalized spacial score (nSPS) is 34.9. The van der Waals surface area contributed by atoms with Gasteiger partial charge in [-0.3, -0.25) is 4.90 Å². The second-order valence-corrected chi connectivity index (χ2v) is 10.6. The van der Waals surface area contributed by atoms with Crippen molar-refractivity contribution in [1.29, 1.82) is 0 Å². The molecule has 17 heavy (non-hydrogen) atoms. The van der Waals surface area contributed by atoms with Crippen molar-refractivity contribution in [1.82, 2.24) is 4.90 Å². The maximum Gasteiger partial charge on any atom is 0.253 e. The van der Waals surface area contributed by atoms with E-state index in [0.717, 1.165) is 12.0 Å². The summed E-state index contributed by atoms with van der Waals surface area (Å²) < 4.78 is 0. The summed E-state index contributed by atoms with van der Waals surface area (Å²) in [6.45, 7) is 3.50. The Morgan fingerprint density at radius 1 is 1.12 bits per heavy atom. The van der Waals surface area contributed by atoms with Gasteiger partial charge in [0.2, 0.25) is 0 Å². The summed E-state index contributed by atoms with van der Waals surface area (Å²) in [5.74, 6) is 0.943. The van der Waals surface area contributed by atoms with Gasteiger partial charge >= 0.3 is 0 Å². The number of fused-ring (bicyclic) bond motifs is 1. The van der Waals surface area contributed by atoms with Crippen molar-refractivity contribution >= 4 is 29.6 Å². The predicted molar refractivity (Wildman–Crippen MR) is 79.2 cm³/mol. The highest BCUT2D eigenvalue weighted by molar-refractivity contribution is 7.34. The molecule has 100 valence electrons. The van der Waals surface area contributed by atoms with Crippen LogP contribution < -0.4 is 0 Å². The van der Waals surface area contributed by atoms with E-state index in [1.807, 2.05) is 0 Å². The molecule has 3 atom stereocenters. The fraction of sp³-hybridized carbons (Fsp3) is 1.00. The SMILES string of the molecule is CCCCN1C2CCCCC2CCC1[SiH](Cl)Cl. The number of hydrogen-bond acceptors (Lipinski definition) is 1.